The number of hydrogen-bond donors (Lipinski definition) is 1. The Bertz CT molecular complexity index is 934. The summed E-state index contributed by atoms with van der Waals surface area (Å²) in [7, 11) is 0. The number of amides is 1. The van der Waals surface area contributed by atoms with Crippen LogP contribution in [0.5, 0.6) is 0 Å². The second-order valence-electron chi connectivity index (χ2n) is 5.56. The number of carbonyl (C=O) groups is 1. The average Bonchev–Trinajstić information content (AvgIpc) is 3.08. The number of aromatic nitrogens is 2. The number of thioether (sulfide) groups is 1. The van der Waals surface area contributed by atoms with E-state index in [9.17, 15) is 9.59 Å². The largest absolute Gasteiger partial charge is 0.355 e. The number of rotatable bonds is 6. The zero-order valence-corrected chi connectivity index (χ0v) is 15.7. The first-order valence-corrected chi connectivity index (χ1v) is 9.82. The molecule has 5 nitrogen and oxygen atoms in total. The molecule has 0 unspecified atom stereocenters. The fraction of sp³-hybridized carbons (Fsp3) is 0.278. The van der Waals surface area contributed by atoms with E-state index < -0.39 is 0 Å². The third-order valence-electron chi connectivity index (χ3n) is 3.72. The summed E-state index contributed by atoms with van der Waals surface area (Å²) < 4.78 is 2.31. The molecule has 3 rings (SSSR count). The molecule has 130 valence electrons. The van der Waals surface area contributed by atoms with E-state index in [1.54, 1.807) is 4.57 Å². The van der Waals surface area contributed by atoms with Crippen molar-refractivity contribution in [2.75, 3.05) is 6.54 Å². The Balaban J connectivity index is 2.01. The van der Waals surface area contributed by atoms with Gasteiger partial charge in [0, 0.05) is 6.54 Å². The topological polar surface area (TPSA) is 64.0 Å². The lowest BCUT2D eigenvalue weighted by Crippen LogP contribution is -2.31. The Morgan fingerprint density at radius 2 is 2.08 bits per heavy atom. The van der Waals surface area contributed by atoms with Crippen molar-refractivity contribution in [3.8, 4) is 0 Å². The zero-order chi connectivity index (χ0) is 17.8. The van der Waals surface area contributed by atoms with Gasteiger partial charge in [-0.15, -0.1) is 11.3 Å². The number of thiophene rings is 1. The number of nitrogens with zero attached hydrogens (tertiary/aromatic N) is 2. The van der Waals surface area contributed by atoms with Gasteiger partial charge in [0.15, 0.2) is 5.16 Å². The van der Waals surface area contributed by atoms with Crippen LogP contribution in [0.3, 0.4) is 0 Å². The highest BCUT2D eigenvalue weighted by Crippen LogP contribution is 2.25. The van der Waals surface area contributed by atoms with E-state index in [1.165, 1.54) is 23.1 Å². The first kappa shape index (κ1) is 17.7. The SMILES string of the molecule is CCNC(=O)[C@@H](C)Sc1nc2ccsc2c(=O)n1Cc1ccccc1. The Labute approximate surface area is 154 Å². The lowest BCUT2D eigenvalue weighted by atomic mass is 10.2. The first-order chi connectivity index (χ1) is 12.1. The zero-order valence-electron chi connectivity index (χ0n) is 14.1. The second kappa shape index (κ2) is 7.84. The quantitative estimate of drug-likeness (QED) is 0.533. The molecule has 2 aromatic heterocycles. The minimum Gasteiger partial charge on any atom is -0.355 e. The first-order valence-electron chi connectivity index (χ1n) is 8.06. The third kappa shape index (κ3) is 3.93. The third-order valence-corrected chi connectivity index (χ3v) is 5.70. The molecule has 0 aliphatic rings. The molecule has 1 amide bonds. The van der Waals surface area contributed by atoms with E-state index in [-0.39, 0.29) is 16.7 Å². The lowest BCUT2D eigenvalue weighted by Gasteiger charge is -2.15. The summed E-state index contributed by atoms with van der Waals surface area (Å²) in [6, 6.07) is 11.6. The summed E-state index contributed by atoms with van der Waals surface area (Å²) in [5, 5.41) is 4.92. The maximum absolute atomic E-state index is 12.9. The van der Waals surface area contributed by atoms with Gasteiger partial charge in [-0.05, 0) is 30.9 Å². The molecule has 0 fully saturated rings. The van der Waals surface area contributed by atoms with E-state index in [4.69, 9.17) is 0 Å². The molecule has 1 atom stereocenters. The number of carbonyl (C=O) groups excluding carboxylic acids is 1. The Hall–Kier alpha value is -2.12. The normalized spacial score (nSPS) is 12.2. The fourth-order valence-electron chi connectivity index (χ4n) is 2.45. The van der Waals surface area contributed by atoms with Gasteiger partial charge in [0.1, 0.15) is 4.70 Å². The predicted molar refractivity (Wildman–Crippen MR) is 103 cm³/mol. The van der Waals surface area contributed by atoms with Gasteiger partial charge in [-0.1, -0.05) is 42.1 Å². The molecule has 0 saturated carbocycles. The monoisotopic (exact) mass is 373 g/mol. The number of fused-ring (bicyclic) bond motifs is 1. The molecule has 1 N–H and O–H groups in total. The van der Waals surface area contributed by atoms with Gasteiger partial charge >= 0.3 is 0 Å². The van der Waals surface area contributed by atoms with Crippen LogP contribution >= 0.6 is 23.1 Å². The molecule has 0 aliphatic heterocycles. The van der Waals surface area contributed by atoms with Gasteiger partial charge in [0.2, 0.25) is 5.91 Å². The van der Waals surface area contributed by atoms with Gasteiger partial charge in [-0.25, -0.2) is 4.98 Å². The van der Waals surface area contributed by atoms with Crippen molar-refractivity contribution in [2.45, 2.75) is 30.8 Å². The Kier molecular flexibility index (Phi) is 5.55. The van der Waals surface area contributed by atoms with Crippen LogP contribution in [0.4, 0.5) is 0 Å². The van der Waals surface area contributed by atoms with Crippen molar-refractivity contribution in [1.82, 2.24) is 14.9 Å². The number of nitrogens with one attached hydrogen (secondary N) is 1. The molecule has 0 radical (unpaired) electrons. The fourth-order valence-corrected chi connectivity index (χ4v) is 4.16. The van der Waals surface area contributed by atoms with Crippen LogP contribution < -0.4 is 10.9 Å². The molecule has 0 aliphatic carbocycles. The molecule has 0 saturated heterocycles. The minimum absolute atomic E-state index is 0.0570. The van der Waals surface area contributed by atoms with Gasteiger partial charge in [0.25, 0.3) is 5.56 Å². The van der Waals surface area contributed by atoms with E-state index in [0.29, 0.717) is 28.5 Å². The molecule has 0 spiro atoms. The van der Waals surface area contributed by atoms with Crippen LogP contribution in [-0.4, -0.2) is 27.3 Å². The highest BCUT2D eigenvalue weighted by Gasteiger charge is 2.19. The van der Waals surface area contributed by atoms with Crippen molar-refractivity contribution >= 4 is 39.2 Å². The second-order valence-corrected chi connectivity index (χ2v) is 7.78. The van der Waals surface area contributed by atoms with Crippen molar-refractivity contribution in [2.24, 2.45) is 0 Å². The number of hydrogen-bond acceptors (Lipinski definition) is 5. The van der Waals surface area contributed by atoms with Gasteiger partial charge in [-0.3, -0.25) is 14.2 Å². The van der Waals surface area contributed by atoms with E-state index >= 15 is 0 Å². The van der Waals surface area contributed by atoms with Crippen LogP contribution in [0.1, 0.15) is 19.4 Å². The van der Waals surface area contributed by atoms with Crippen molar-refractivity contribution < 1.29 is 4.79 Å². The van der Waals surface area contributed by atoms with Crippen molar-refractivity contribution in [1.29, 1.82) is 0 Å². The van der Waals surface area contributed by atoms with Gasteiger partial charge in [-0.2, -0.15) is 0 Å². The van der Waals surface area contributed by atoms with E-state index in [0.717, 1.165) is 5.56 Å². The Morgan fingerprint density at radius 1 is 1.32 bits per heavy atom. The number of benzene rings is 1. The standard InChI is InChI=1S/C18H19N3O2S2/c1-3-19-16(22)12(2)25-18-20-14-9-10-24-15(14)17(23)21(18)11-13-7-5-4-6-8-13/h4-10,12H,3,11H2,1-2H3,(H,19,22)/t12-/m1/s1. The van der Waals surface area contributed by atoms with Crippen LogP contribution in [0, 0.1) is 0 Å². The summed E-state index contributed by atoms with van der Waals surface area (Å²) in [6.45, 7) is 4.73. The maximum atomic E-state index is 12.9. The van der Waals surface area contributed by atoms with Crippen molar-refractivity contribution in [3.05, 3.63) is 57.7 Å². The lowest BCUT2D eigenvalue weighted by molar-refractivity contribution is -0.120. The summed E-state index contributed by atoms with van der Waals surface area (Å²) in [6.07, 6.45) is 0. The minimum atomic E-state index is -0.329. The molecular formula is C18H19N3O2S2. The Morgan fingerprint density at radius 3 is 2.80 bits per heavy atom. The van der Waals surface area contributed by atoms with Crippen LogP contribution in [-0.2, 0) is 11.3 Å². The summed E-state index contributed by atoms with van der Waals surface area (Å²) in [5.74, 6) is -0.0570. The highest BCUT2D eigenvalue weighted by atomic mass is 32.2. The maximum Gasteiger partial charge on any atom is 0.272 e. The average molecular weight is 374 g/mol. The van der Waals surface area contributed by atoms with Gasteiger partial charge in [0.05, 0.1) is 17.3 Å². The summed E-state index contributed by atoms with van der Waals surface area (Å²) >= 11 is 2.71. The molecule has 1 aromatic carbocycles. The summed E-state index contributed by atoms with van der Waals surface area (Å²) in [4.78, 5) is 29.6. The smallest absolute Gasteiger partial charge is 0.272 e. The van der Waals surface area contributed by atoms with E-state index in [1.807, 2.05) is 55.6 Å². The van der Waals surface area contributed by atoms with E-state index in [2.05, 4.69) is 10.3 Å². The molecule has 2 heterocycles. The predicted octanol–water partition coefficient (Wildman–Crippen LogP) is 3.12. The molecule has 3 aromatic rings. The van der Waals surface area contributed by atoms with Crippen LogP contribution in [0.2, 0.25) is 0 Å². The molecule has 0 bridgehead atoms. The molecule has 7 heteroatoms. The molecular weight excluding hydrogens is 354 g/mol. The van der Waals surface area contributed by atoms with Crippen molar-refractivity contribution in [3.63, 3.8) is 0 Å². The highest BCUT2D eigenvalue weighted by molar-refractivity contribution is 8.00. The molecule has 25 heavy (non-hydrogen) atoms. The van der Waals surface area contributed by atoms with Gasteiger partial charge < -0.3 is 5.32 Å². The summed E-state index contributed by atoms with van der Waals surface area (Å²) in [5.41, 5.74) is 1.65. The van der Waals surface area contributed by atoms with Crippen LogP contribution in [0.15, 0.2) is 51.7 Å². The van der Waals surface area contributed by atoms with Crippen LogP contribution in [0.25, 0.3) is 10.2 Å².